The SMILES string of the molecule is c1ccc(-c2ccccc2-c2ccc3c4c2cccc4c2cccc4c(-c5cc(-c6ccccc6)c6ccccc6c5)c5ccccc5c3c42)cc1. The van der Waals surface area contributed by atoms with Crippen molar-refractivity contribution in [3.63, 3.8) is 0 Å². The highest BCUT2D eigenvalue weighted by Gasteiger charge is 2.22. The summed E-state index contributed by atoms with van der Waals surface area (Å²) in [6, 6.07) is 71.7. The van der Waals surface area contributed by atoms with Crippen molar-refractivity contribution in [1.82, 2.24) is 0 Å². The molecule has 0 saturated carbocycles. The van der Waals surface area contributed by atoms with Gasteiger partial charge in [-0.3, -0.25) is 0 Å². The zero-order valence-electron chi connectivity index (χ0n) is 28.5. The monoisotopic (exact) mass is 656 g/mol. The summed E-state index contributed by atoms with van der Waals surface area (Å²) in [6.45, 7) is 0. The molecule has 0 N–H and O–H groups in total. The molecule has 0 nitrogen and oxygen atoms in total. The van der Waals surface area contributed by atoms with Crippen molar-refractivity contribution in [1.29, 1.82) is 0 Å². The number of rotatable bonds is 4. The molecular formula is C52H32. The minimum Gasteiger partial charge on any atom is -0.0622 e. The van der Waals surface area contributed by atoms with Crippen LogP contribution < -0.4 is 0 Å². The topological polar surface area (TPSA) is 0 Å². The van der Waals surface area contributed by atoms with Crippen molar-refractivity contribution in [3.05, 3.63) is 194 Å². The second kappa shape index (κ2) is 11.4. The molecule has 11 rings (SSSR count). The van der Waals surface area contributed by atoms with Crippen LogP contribution >= 0.6 is 0 Å². The summed E-state index contributed by atoms with van der Waals surface area (Å²) in [5.74, 6) is 0. The Labute approximate surface area is 302 Å². The molecule has 0 bridgehead atoms. The molecule has 0 aliphatic carbocycles. The van der Waals surface area contributed by atoms with E-state index >= 15 is 0 Å². The fourth-order valence-corrected chi connectivity index (χ4v) is 9.02. The van der Waals surface area contributed by atoms with Crippen LogP contribution in [0.3, 0.4) is 0 Å². The van der Waals surface area contributed by atoms with Gasteiger partial charge in [0.2, 0.25) is 0 Å². The third kappa shape index (κ3) is 4.22. The number of fused-ring (bicyclic) bond motifs is 5. The Morgan fingerprint density at radius 2 is 0.731 bits per heavy atom. The molecule has 0 atom stereocenters. The normalized spacial score (nSPS) is 11.8. The van der Waals surface area contributed by atoms with Crippen LogP contribution in [0.15, 0.2) is 194 Å². The van der Waals surface area contributed by atoms with Crippen LogP contribution in [0.25, 0.3) is 109 Å². The van der Waals surface area contributed by atoms with Crippen LogP contribution in [0, 0.1) is 0 Å². The summed E-state index contributed by atoms with van der Waals surface area (Å²) < 4.78 is 0. The van der Waals surface area contributed by atoms with Gasteiger partial charge in [0, 0.05) is 0 Å². The lowest BCUT2D eigenvalue weighted by molar-refractivity contribution is 1.60. The summed E-state index contributed by atoms with van der Waals surface area (Å²) in [5, 5.41) is 15.6. The smallest absolute Gasteiger partial charge is 0.00137 e. The summed E-state index contributed by atoms with van der Waals surface area (Å²) in [6.07, 6.45) is 0. The van der Waals surface area contributed by atoms with E-state index in [0.29, 0.717) is 0 Å². The summed E-state index contributed by atoms with van der Waals surface area (Å²) in [4.78, 5) is 0. The average molecular weight is 657 g/mol. The predicted molar refractivity (Wildman–Crippen MR) is 224 cm³/mol. The molecule has 240 valence electrons. The Morgan fingerprint density at radius 1 is 0.212 bits per heavy atom. The highest BCUT2D eigenvalue weighted by atomic mass is 14.2. The first-order chi connectivity index (χ1) is 25.8. The molecule has 0 saturated heterocycles. The molecule has 0 aliphatic rings. The maximum atomic E-state index is 2.42. The Hall–Kier alpha value is -6.76. The van der Waals surface area contributed by atoms with Gasteiger partial charge in [-0.15, -0.1) is 0 Å². The second-order valence-electron chi connectivity index (χ2n) is 13.9. The average Bonchev–Trinajstić information content (AvgIpc) is 3.22. The van der Waals surface area contributed by atoms with Crippen molar-refractivity contribution in [3.8, 4) is 44.5 Å². The lowest BCUT2D eigenvalue weighted by atomic mass is 9.81. The minimum atomic E-state index is 1.23. The minimum absolute atomic E-state index is 1.23. The fourth-order valence-electron chi connectivity index (χ4n) is 9.02. The van der Waals surface area contributed by atoms with E-state index < -0.39 is 0 Å². The molecule has 0 aliphatic heterocycles. The third-order valence-electron chi connectivity index (χ3n) is 11.2. The molecule has 0 heteroatoms. The van der Waals surface area contributed by atoms with Crippen LogP contribution in [0.1, 0.15) is 0 Å². The van der Waals surface area contributed by atoms with Gasteiger partial charge >= 0.3 is 0 Å². The number of hydrogen-bond donors (Lipinski definition) is 0. The van der Waals surface area contributed by atoms with E-state index in [-0.39, 0.29) is 0 Å². The first-order valence-corrected chi connectivity index (χ1v) is 18.1. The maximum absolute atomic E-state index is 2.42. The van der Waals surface area contributed by atoms with E-state index in [1.54, 1.807) is 0 Å². The van der Waals surface area contributed by atoms with Gasteiger partial charge in [0.25, 0.3) is 0 Å². The first kappa shape index (κ1) is 29.0. The molecule has 0 unspecified atom stereocenters. The first-order valence-electron chi connectivity index (χ1n) is 18.1. The zero-order chi connectivity index (χ0) is 34.2. The fraction of sp³-hybridized carbons (Fsp3) is 0. The van der Waals surface area contributed by atoms with Crippen LogP contribution in [-0.2, 0) is 0 Å². The standard InChI is InChI=1S/C52H32/c1-3-15-33(16-4-1)37-20-9-10-22-39(37)40-29-30-47-50-41(40)25-13-26-43(50)45-27-14-28-46-49(42-23-11-12-24-44(42)52(47)51(45)46)36-31-35-19-7-8-21-38(35)48(32-36)34-17-5-2-6-18-34/h1-32H. The molecule has 0 heterocycles. The Bertz CT molecular complexity index is 3150. The maximum Gasteiger partial charge on any atom is -0.00137 e. The lowest BCUT2D eigenvalue weighted by Gasteiger charge is -2.22. The quantitative estimate of drug-likeness (QED) is 0.131. The highest BCUT2D eigenvalue weighted by Crippen LogP contribution is 2.50. The molecule has 0 aromatic heterocycles. The van der Waals surface area contributed by atoms with Gasteiger partial charge < -0.3 is 0 Å². The van der Waals surface area contributed by atoms with Crippen molar-refractivity contribution < 1.29 is 0 Å². The number of benzene rings is 11. The van der Waals surface area contributed by atoms with Gasteiger partial charge in [-0.1, -0.05) is 182 Å². The van der Waals surface area contributed by atoms with Crippen LogP contribution in [0.5, 0.6) is 0 Å². The van der Waals surface area contributed by atoms with Crippen LogP contribution in [0.2, 0.25) is 0 Å². The van der Waals surface area contributed by atoms with Gasteiger partial charge in [-0.05, 0) is 121 Å². The molecule has 0 radical (unpaired) electrons. The molecule has 0 spiro atoms. The van der Waals surface area contributed by atoms with Crippen molar-refractivity contribution >= 4 is 64.6 Å². The third-order valence-corrected chi connectivity index (χ3v) is 11.2. The van der Waals surface area contributed by atoms with Crippen molar-refractivity contribution in [2.45, 2.75) is 0 Å². The Morgan fingerprint density at radius 3 is 1.50 bits per heavy atom. The van der Waals surface area contributed by atoms with E-state index in [9.17, 15) is 0 Å². The van der Waals surface area contributed by atoms with Crippen LogP contribution in [-0.4, -0.2) is 0 Å². The summed E-state index contributed by atoms with van der Waals surface area (Å²) in [7, 11) is 0. The van der Waals surface area contributed by atoms with E-state index in [0.717, 1.165) is 0 Å². The second-order valence-corrected chi connectivity index (χ2v) is 13.9. The zero-order valence-corrected chi connectivity index (χ0v) is 28.5. The molecule has 11 aromatic rings. The molecule has 0 amide bonds. The molecule has 52 heavy (non-hydrogen) atoms. The van der Waals surface area contributed by atoms with Gasteiger partial charge in [0.15, 0.2) is 0 Å². The van der Waals surface area contributed by atoms with Gasteiger partial charge in [-0.25, -0.2) is 0 Å². The summed E-state index contributed by atoms with van der Waals surface area (Å²) >= 11 is 0. The Kier molecular flexibility index (Phi) is 6.35. The van der Waals surface area contributed by atoms with E-state index in [4.69, 9.17) is 0 Å². The van der Waals surface area contributed by atoms with E-state index in [1.165, 1.54) is 109 Å². The van der Waals surface area contributed by atoms with Gasteiger partial charge in [-0.2, -0.15) is 0 Å². The van der Waals surface area contributed by atoms with E-state index in [2.05, 4.69) is 194 Å². The van der Waals surface area contributed by atoms with Gasteiger partial charge in [0.05, 0.1) is 0 Å². The predicted octanol–water partition coefficient (Wildman–Crippen LogP) is 14.7. The lowest BCUT2D eigenvalue weighted by Crippen LogP contribution is -1.94. The van der Waals surface area contributed by atoms with Crippen molar-refractivity contribution in [2.24, 2.45) is 0 Å². The van der Waals surface area contributed by atoms with Crippen LogP contribution in [0.4, 0.5) is 0 Å². The summed E-state index contributed by atoms with van der Waals surface area (Å²) in [5.41, 5.74) is 10.0. The van der Waals surface area contributed by atoms with E-state index in [1.807, 2.05) is 0 Å². The molecule has 0 fully saturated rings. The molecule has 11 aromatic carbocycles. The highest BCUT2D eigenvalue weighted by molar-refractivity contribution is 6.41. The number of hydrogen-bond acceptors (Lipinski definition) is 0. The molecular weight excluding hydrogens is 625 g/mol. The Balaban J connectivity index is 1.27. The van der Waals surface area contributed by atoms with Crippen molar-refractivity contribution in [2.75, 3.05) is 0 Å². The van der Waals surface area contributed by atoms with Gasteiger partial charge in [0.1, 0.15) is 0 Å². The largest absolute Gasteiger partial charge is 0.0622 e.